The summed E-state index contributed by atoms with van der Waals surface area (Å²) in [5, 5.41) is 7.02. The predicted molar refractivity (Wildman–Crippen MR) is 130 cm³/mol. The molecular weight excluding hydrogens is 463 g/mol. The molecule has 2 N–H and O–H groups in total. The number of hydrogen-bond acceptors (Lipinski definition) is 3. The second kappa shape index (κ2) is 12.0. The highest BCUT2D eigenvalue weighted by Gasteiger charge is 2.25. The third-order valence-corrected chi connectivity index (χ3v) is 5.51. The van der Waals surface area contributed by atoms with Crippen LogP contribution in [0, 0.1) is 12.3 Å². The van der Waals surface area contributed by atoms with Crippen molar-refractivity contribution in [1.82, 2.24) is 15.5 Å². The maximum absolute atomic E-state index is 5.63. The number of benzene rings is 1. The monoisotopic (exact) mass is 502 g/mol. The number of piperidine rings is 1. The summed E-state index contributed by atoms with van der Waals surface area (Å²) in [6.45, 7) is 12.8. The van der Waals surface area contributed by atoms with E-state index < -0.39 is 0 Å². The molecule has 0 spiro atoms. The Morgan fingerprint density at radius 2 is 1.89 bits per heavy atom. The zero-order valence-corrected chi connectivity index (χ0v) is 20.7. The van der Waals surface area contributed by atoms with Crippen LogP contribution < -0.4 is 10.6 Å². The number of nitrogens with zero attached hydrogens (tertiary/aromatic N) is 2. The first-order valence-electron chi connectivity index (χ1n) is 10.1. The summed E-state index contributed by atoms with van der Waals surface area (Å²) in [5.74, 6) is 0.874. The van der Waals surface area contributed by atoms with Gasteiger partial charge in [-0.15, -0.1) is 24.0 Å². The van der Waals surface area contributed by atoms with Gasteiger partial charge in [-0.25, -0.2) is 0 Å². The number of ether oxygens (including phenoxy) is 1. The number of likely N-dealkylation sites (tertiary alicyclic amines) is 1. The molecule has 1 saturated heterocycles. The molecule has 6 heteroatoms. The lowest BCUT2D eigenvalue weighted by molar-refractivity contribution is 0.0204. The first kappa shape index (κ1) is 25.2. The number of aryl methyl sites for hydroxylation is 1. The molecular formula is C22H39IN4O. The fourth-order valence-electron chi connectivity index (χ4n) is 3.58. The molecule has 0 amide bonds. The van der Waals surface area contributed by atoms with Gasteiger partial charge in [-0.1, -0.05) is 45.0 Å². The Bertz CT molecular complexity index is 607. The smallest absolute Gasteiger partial charge is 0.191 e. The zero-order valence-electron chi connectivity index (χ0n) is 18.4. The minimum Gasteiger partial charge on any atom is -0.379 e. The molecule has 5 nitrogen and oxygen atoms in total. The van der Waals surface area contributed by atoms with Crippen molar-refractivity contribution in [1.29, 1.82) is 0 Å². The van der Waals surface area contributed by atoms with Gasteiger partial charge in [-0.3, -0.25) is 9.89 Å². The molecule has 0 radical (unpaired) electrons. The van der Waals surface area contributed by atoms with E-state index in [-0.39, 0.29) is 35.5 Å². The third-order valence-electron chi connectivity index (χ3n) is 5.51. The summed E-state index contributed by atoms with van der Waals surface area (Å²) < 4.78 is 5.63. The van der Waals surface area contributed by atoms with Gasteiger partial charge in [-0.2, -0.15) is 0 Å². The van der Waals surface area contributed by atoms with Crippen LogP contribution in [0.2, 0.25) is 0 Å². The second-order valence-electron chi connectivity index (χ2n) is 8.66. The second-order valence-corrected chi connectivity index (χ2v) is 8.66. The molecule has 1 aliphatic rings. The summed E-state index contributed by atoms with van der Waals surface area (Å²) in [4.78, 5) is 6.95. The van der Waals surface area contributed by atoms with Crippen LogP contribution in [0.15, 0.2) is 29.3 Å². The summed E-state index contributed by atoms with van der Waals surface area (Å²) in [7, 11) is 3.61. The van der Waals surface area contributed by atoms with Crippen molar-refractivity contribution in [2.24, 2.45) is 10.4 Å². The van der Waals surface area contributed by atoms with Gasteiger partial charge in [0.2, 0.25) is 0 Å². The highest BCUT2D eigenvalue weighted by molar-refractivity contribution is 14.0. The van der Waals surface area contributed by atoms with Gasteiger partial charge in [0.1, 0.15) is 0 Å². The fraction of sp³-hybridized carbons (Fsp3) is 0.682. The van der Waals surface area contributed by atoms with Gasteiger partial charge in [0.25, 0.3) is 0 Å². The van der Waals surface area contributed by atoms with Crippen molar-refractivity contribution in [3.05, 3.63) is 35.4 Å². The Morgan fingerprint density at radius 1 is 1.25 bits per heavy atom. The molecule has 1 fully saturated rings. The molecule has 28 heavy (non-hydrogen) atoms. The standard InChI is InChI=1S/C22H38N4O.HI/c1-17-9-7-8-10-18(17)16-26-13-11-19(12-14-26)25-21(23-5)24-15-20(27-6)22(2,3)4;/h7-10,19-20H,11-16H2,1-6H3,(H2,23,24,25);1H. The molecule has 0 bridgehead atoms. The Hall–Kier alpha value is -0.860. The molecule has 2 rings (SSSR count). The molecule has 1 heterocycles. The van der Waals surface area contributed by atoms with E-state index in [1.165, 1.54) is 11.1 Å². The highest BCUT2D eigenvalue weighted by atomic mass is 127. The first-order valence-corrected chi connectivity index (χ1v) is 10.1. The molecule has 160 valence electrons. The van der Waals surface area contributed by atoms with Crippen molar-refractivity contribution < 1.29 is 4.74 Å². The van der Waals surface area contributed by atoms with Crippen molar-refractivity contribution in [2.45, 2.75) is 59.2 Å². The van der Waals surface area contributed by atoms with Gasteiger partial charge >= 0.3 is 0 Å². The topological polar surface area (TPSA) is 48.9 Å². The van der Waals surface area contributed by atoms with Crippen molar-refractivity contribution in [3.63, 3.8) is 0 Å². The van der Waals surface area contributed by atoms with Crippen LogP contribution >= 0.6 is 24.0 Å². The Kier molecular flexibility index (Phi) is 10.8. The lowest BCUT2D eigenvalue weighted by atomic mass is 9.89. The minimum absolute atomic E-state index is 0. The normalized spacial score (nSPS) is 17.7. The third kappa shape index (κ3) is 7.87. The number of methoxy groups -OCH3 is 1. The minimum atomic E-state index is 0. The van der Waals surface area contributed by atoms with Crippen LogP contribution in [0.25, 0.3) is 0 Å². The highest BCUT2D eigenvalue weighted by Crippen LogP contribution is 2.21. The molecule has 1 unspecified atom stereocenters. The summed E-state index contributed by atoms with van der Waals surface area (Å²) >= 11 is 0. The molecule has 0 saturated carbocycles. The quantitative estimate of drug-likeness (QED) is 0.353. The van der Waals surface area contributed by atoms with E-state index in [4.69, 9.17) is 4.74 Å². The Morgan fingerprint density at radius 3 is 2.43 bits per heavy atom. The molecule has 1 aromatic rings. The van der Waals surface area contributed by atoms with Crippen molar-refractivity contribution in [3.8, 4) is 0 Å². The summed E-state index contributed by atoms with van der Waals surface area (Å²) in [6.07, 6.45) is 2.42. The van der Waals surface area contributed by atoms with E-state index in [0.717, 1.165) is 45.0 Å². The van der Waals surface area contributed by atoms with E-state index in [2.05, 4.69) is 72.5 Å². The van der Waals surface area contributed by atoms with Gasteiger partial charge in [0.15, 0.2) is 5.96 Å². The van der Waals surface area contributed by atoms with Crippen molar-refractivity contribution >= 4 is 29.9 Å². The zero-order chi connectivity index (χ0) is 19.9. The Labute approximate surface area is 188 Å². The molecule has 0 aromatic heterocycles. The van der Waals surface area contributed by atoms with E-state index in [1.807, 2.05) is 7.05 Å². The van der Waals surface area contributed by atoms with Crippen LogP contribution in [-0.2, 0) is 11.3 Å². The fourth-order valence-corrected chi connectivity index (χ4v) is 3.58. The van der Waals surface area contributed by atoms with E-state index in [9.17, 15) is 0 Å². The van der Waals surface area contributed by atoms with Crippen molar-refractivity contribution in [2.75, 3.05) is 33.8 Å². The van der Waals surface area contributed by atoms with Crippen LogP contribution in [0.4, 0.5) is 0 Å². The number of aliphatic imine (C=N–C) groups is 1. The van der Waals surface area contributed by atoms with Crippen LogP contribution in [0.5, 0.6) is 0 Å². The maximum atomic E-state index is 5.63. The number of hydrogen-bond donors (Lipinski definition) is 2. The average molecular weight is 502 g/mol. The van der Waals surface area contributed by atoms with E-state index in [0.29, 0.717) is 6.04 Å². The largest absolute Gasteiger partial charge is 0.379 e. The molecule has 1 atom stereocenters. The van der Waals surface area contributed by atoms with Gasteiger partial charge in [0.05, 0.1) is 6.10 Å². The number of halogens is 1. The summed E-state index contributed by atoms with van der Waals surface area (Å²) in [5.41, 5.74) is 2.92. The van der Waals surface area contributed by atoms with E-state index >= 15 is 0 Å². The van der Waals surface area contributed by atoms with Gasteiger partial charge in [0, 0.05) is 46.4 Å². The van der Waals surface area contributed by atoms with Gasteiger partial charge < -0.3 is 15.4 Å². The summed E-state index contributed by atoms with van der Waals surface area (Å²) in [6, 6.07) is 9.16. The van der Waals surface area contributed by atoms with Crippen LogP contribution in [0.3, 0.4) is 0 Å². The number of rotatable bonds is 6. The number of nitrogens with one attached hydrogen (secondary N) is 2. The number of guanidine groups is 1. The van der Waals surface area contributed by atoms with Gasteiger partial charge in [-0.05, 0) is 36.3 Å². The maximum Gasteiger partial charge on any atom is 0.191 e. The molecule has 1 aliphatic heterocycles. The molecule has 1 aromatic carbocycles. The SMILES string of the molecule is CN=C(NCC(OC)C(C)(C)C)NC1CCN(Cc2ccccc2C)CC1.I. The molecule has 0 aliphatic carbocycles. The Balaban J connectivity index is 0.00000392. The average Bonchev–Trinajstić information content (AvgIpc) is 2.63. The van der Waals surface area contributed by atoms with Crippen LogP contribution in [-0.4, -0.2) is 56.8 Å². The lowest BCUT2D eigenvalue weighted by Gasteiger charge is -2.34. The van der Waals surface area contributed by atoms with Crippen LogP contribution in [0.1, 0.15) is 44.7 Å². The predicted octanol–water partition coefficient (Wildman–Crippen LogP) is 3.80. The van der Waals surface area contributed by atoms with E-state index in [1.54, 1.807) is 7.11 Å². The first-order chi connectivity index (χ1) is 12.8. The lowest BCUT2D eigenvalue weighted by Crippen LogP contribution is -2.51.